The second-order valence-electron chi connectivity index (χ2n) is 6.74. The summed E-state index contributed by atoms with van der Waals surface area (Å²) in [4.78, 5) is 30.2. The van der Waals surface area contributed by atoms with Crippen molar-refractivity contribution in [1.29, 1.82) is 0 Å². The van der Waals surface area contributed by atoms with E-state index in [0.29, 0.717) is 17.5 Å². The average Bonchev–Trinajstić information content (AvgIpc) is 3.15. The summed E-state index contributed by atoms with van der Waals surface area (Å²) in [7, 11) is 0. The normalized spacial score (nSPS) is 10.9. The van der Waals surface area contributed by atoms with Gasteiger partial charge in [-0.2, -0.15) is 5.10 Å². The lowest BCUT2D eigenvalue weighted by atomic mass is 10.1. The predicted octanol–water partition coefficient (Wildman–Crippen LogP) is 3.36. The van der Waals surface area contributed by atoms with Crippen LogP contribution < -0.4 is 15.0 Å². The zero-order valence-electron chi connectivity index (χ0n) is 16.2. The van der Waals surface area contributed by atoms with Crippen LogP contribution >= 0.6 is 0 Å². The number of ether oxygens (including phenoxy) is 2. The summed E-state index contributed by atoms with van der Waals surface area (Å²) in [5, 5.41) is 13.0. The Morgan fingerprint density at radius 3 is 2.70 bits per heavy atom. The molecule has 30 heavy (non-hydrogen) atoms. The van der Waals surface area contributed by atoms with Crippen molar-refractivity contribution < 1.29 is 19.4 Å². The number of nitrogens with one attached hydrogen (secondary N) is 1. The SMILES string of the molecule is Cc1cccc(C)c1OCc1ccc2nc(-n3cc(OC(=O)O)cn3)[nH]c(=O)c2c1. The molecule has 152 valence electrons. The topological polar surface area (TPSA) is 119 Å². The van der Waals surface area contributed by atoms with Crippen LogP contribution in [0, 0.1) is 13.8 Å². The fraction of sp³-hybridized carbons (Fsp3) is 0.143. The molecule has 0 aliphatic heterocycles. The number of nitrogens with zero attached hydrogens (tertiary/aromatic N) is 3. The number of hydrogen-bond donors (Lipinski definition) is 2. The van der Waals surface area contributed by atoms with Gasteiger partial charge in [-0.25, -0.2) is 14.5 Å². The Balaban J connectivity index is 1.60. The Morgan fingerprint density at radius 2 is 1.97 bits per heavy atom. The summed E-state index contributed by atoms with van der Waals surface area (Å²) >= 11 is 0. The maximum absolute atomic E-state index is 12.6. The van der Waals surface area contributed by atoms with Gasteiger partial charge in [-0.1, -0.05) is 24.3 Å². The molecule has 0 spiro atoms. The number of rotatable bonds is 5. The first-order valence-electron chi connectivity index (χ1n) is 9.08. The lowest BCUT2D eigenvalue weighted by Gasteiger charge is -2.12. The number of carboxylic acid groups (broad SMARTS) is 1. The van der Waals surface area contributed by atoms with Crippen LogP contribution in [0.25, 0.3) is 16.9 Å². The van der Waals surface area contributed by atoms with Crippen molar-refractivity contribution in [3.8, 4) is 17.4 Å². The van der Waals surface area contributed by atoms with Crippen LogP contribution in [0.4, 0.5) is 4.79 Å². The third-order valence-corrected chi connectivity index (χ3v) is 4.53. The molecule has 0 aliphatic rings. The number of para-hydroxylation sites is 1. The Hall–Kier alpha value is -4.14. The highest BCUT2D eigenvalue weighted by atomic mass is 16.7. The van der Waals surface area contributed by atoms with Gasteiger partial charge in [0.25, 0.3) is 5.56 Å². The van der Waals surface area contributed by atoms with E-state index in [1.165, 1.54) is 17.1 Å². The number of aromatic nitrogens is 4. The molecule has 0 amide bonds. The van der Waals surface area contributed by atoms with Crippen LogP contribution in [0.2, 0.25) is 0 Å². The lowest BCUT2D eigenvalue weighted by molar-refractivity contribution is 0.144. The first kappa shape index (κ1) is 19.2. The van der Waals surface area contributed by atoms with Crippen LogP contribution in [0.15, 0.2) is 53.6 Å². The number of carbonyl (C=O) groups is 1. The van der Waals surface area contributed by atoms with Gasteiger partial charge in [0, 0.05) is 0 Å². The minimum atomic E-state index is -1.45. The van der Waals surface area contributed by atoms with Gasteiger partial charge in [0.1, 0.15) is 12.4 Å². The fourth-order valence-corrected chi connectivity index (χ4v) is 3.13. The maximum atomic E-state index is 12.6. The molecule has 2 aromatic heterocycles. The standard InChI is InChI=1S/C21H18N4O5/c1-12-4-3-5-13(2)18(12)29-11-14-6-7-17-16(8-14)19(26)24-20(23-17)25-10-15(9-22-25)30-21(27)28/h3-10H,11H2,1-2H3,(H,27,28)(H,23,24,26). The molecule has 2 heterocycles. The summed E-state index contributed by atoms with van der Waals surface area (Å²) in [6.45, 7) is 4.29. The van der Waals surface area contributed by atoms with Crippen molar-refractivity contribution in [2.24, 2.45) is 0 Å². The van der Waals surface area contributed by atoms with Gasteiger partial charge in [-0.15, -0.1) is 0 Å². The zero-order valence-corrected chi connectivity index (χ0v) is 16.2. The van der Waals surface area contributed by atoms with Crippen LogP contribution in [-0.2, 0) is 6.61 Å². The number of hydrogen-bond acceptors (Lipinski definition) is 6. The zero-order chi connectivity index (χ0) is 21.3. The van der Waals surface area contributed by atoms with Crippen LogP contribution in [0.3, 0.4) is 0 Å². The molecule has 0 unspecified atom stereocenters. The highest BCUT2D eigenvalue weighted by Crippen LogP contribution is 2.24. The molecule has 4 aromatic rings. The summed E-state index contributed by atoms with van der Waals surface area (Å²) in [6.07, 6.45) is 1.07. The summed E-state index contributed by atoms with van der Waals surface area (Å²) in [5.41, 5.74) is 3.05. The van der Waals surface area contributed by atoms with E-state index in [1.807, 2.05) is 38.1 Å². The highest BCUT2D eigenvalue weighted by molar-refractivity contribution is 5.78. The largest absolute Gasteiger partial charge is 0.511 e. The molecule has 0 aliphatic carbocycles. The van der Waals surface area contributed by atoms with Crippen LogP contribution in [0.5, 0.6) is 11.5 Å². The molecular weight excluding hydrogens is 388 g/mol. The van der Waals surface area contributed by atoms with E-state index in [9.17, 15) is 9.59 Å². The molecule has 2 N–H and O–H groups in total. The molecule has 2 aromatic carbocycles. The van der Waals surface area contributed by atoms with Crippen molar-refractivity contribution in [2.45, 2.75) is 20.5 Å². The Bertz CT molecular complexity index is 1290. The molecule has 0 saturated heterocycles. The highest BCUT2D eigenvalue weighted by Gasteiger charge is 2.11. The van der Waals surface area contributed by atoms with Crippen LogP contribution in [0.1, 0.15) is 16.7 Å². The molecule has 0 atom stereocenters. The summed E-state index contributed by atoms with van der Waals surface area (Å²) in [5.74, 6) is 0.995. The molecule has 0 bridgehead atoms. The van der Waals surface area contributed by atoms with E-state index in [0.717, 1.165) is 22.4 Å². The maximum Gasteiger partial charge on any atom is 0.511 e. The van der Waals surface area contributed by atoms with E-state index >= 15 is 0 Å². The first-order valence-corrected chi connectivity index (χ1v) is 9.08. The van der Waals surface area contributed by atoms with Gasteiger partial charge in [0.15, 0.2) is 5.75 Å². The molecular formula is C21H18N4O5. The van der Waals surface area contributed by atoms with E-state index in [2.05, 4.69) is 19.8 Å². The van der Waals surface area contributed by atoms with Gasteiger partial charge in [0.2, 0.25) is 5.95 Å². The minimum absolute atomic E-state index is 0.0178. The van der Waals surface area contributed by atoms with Gasteiger partial charge < -0.3 is 14.6 Å². The fourth-order valence-electron chi connectivity index (χ4n) is 3.13. The number of fused-ring (bicyclic) bond motifs is 1. The Kier molecular flexibility index (Phi) is 4.93. The minimum Gasteiger partial charge on any atom is -0.488 e. The van der Waals surface area contributed by atoms with Gasteiger partial charge >= 0.3 is 6.16 Å². The van der Waals surface area contributed by atoms with E-state index in [-0.39, 0.29) is 17.3 Å². The predicted molar refractivity (Wildman–Crippen MR) is 108 cm³/mol. The first-order chi connectivity index (χ1) is 14.4. The molecule has 9 nitrogen and oxygen atoms in total. The molecule has 0 saturated carbocycles. The van der Waals surface area contributed by atoms with Crippen molar-refractivity contribution >= 4 is 17.1 Å². The van der Waals surface area contributed by atoms with Crippen molar-refractivity contribution in [3.05, 3.63) is 75.8 Å². The van der Waals surface area contributed by atoms with Crippen molar-refractivity contribution in [1.82, 2.24) is 19.7 Å². The molecule has 9 heteroatoms. The lowest BCUT2D eigenvalue weighted by Crippen LogP contribution is -2.14. The monoisotopic (exact) mass is 406 g/mol. The van der Waals surface area contributed by atoms with E-state index in [4.69, 9.17) is 9.84 Å². The summed E-state index contributed by atoms with van der Waals surface area (Å²) in [6, 6.07) is 11.3. The molecule has 4 rings (SSSR count). The van der Waals surface area contributed by atoms with Gasteiger partial charge in [-0.3, -0.25) is 9.78 Å². The van der Waals surface area contributed by atoms with Crippen molar-refractivity contribution in [2.75, 3.05) is 0 Å². The van der Waals surface area contributed by atoms with Gasteiger partial charge in [0.05, 0.1) is 23.3 Å². The third kappa shape index (κ3) is 3.86. The van der Waals surface area contributed by atoms with E-state index in [1.54, 1.807) is 12.1 Å². The van der Waals surface area contributed by atoms with Gasteiger partial charge in [-0.05, 0) is 42.7 Å². The quantitative estimate of drug-likeness (QED) is 0.488. The van der Waals surface area contributed by atoms with E-state index < -0.39 is 6.16 Å². The smallest absolute Gasteiger partial charge is 0.488 e. The summed E-state index contributed by atoms with van der Waals surface area (Å²) < 4.78 is 11.7. The number of H-pyrrole nitrogens is 1. The van der Waals surface area contributed by atoms with Crippen molar-refractivity contribution in [3.63, 3.8) is 0 Å². The Labute approximate surface area is 170 Å². The molecule has 0 fully saturated rings. The number of benzene rings is 2. The Morgan fingerprint density at radius 1 is 1.20 bits per heavy atom. The second kappa shape index (κ2) is 7.70. The second-order valence-corrected chi connectivity index (χ2v) is 6.74. The molecule has 0 radical (unpaired) electrons. The average molecular weight is 406 g/mol. The third-order valence-electron chi connectivity index (χ3n) is 4.53. The van der Waals surface area contributed by atoms with Crippen LogP contribution in [-0.4, -0.2) is 31.0 Å². The number of aryl methyl sites for hydroxylation is 2. The number of aromatic amines is 1.